The number of hydrogen-bond donors (Lipinski definition) is 4. The molecular weight excluding hydrogens is 290 g/mol. The van der Waals surface area contributed by atoms with Gasteiger partial charge in [0.1, 0.15) is 0 Å². The summed E-state index contributed by atoms with van der Waals surface area (Å²) in [6, 6.07) is 7.59. The fourth-order valence-corrected chi connectivity index (χ4v) is 3.59. The van der Waals surface area contributed by atoms with Crippen molar-refractivity contribution in [2.24, 2.45) is 0 Å². The van der Waals surface area contributed by atoms with Gasteiger partial charge in [0.15, 0.2) is 6.23 Å². The number of carbonyl (C=O) groups is 1. The molecule has 1 aromatic carbocycles. The third-order valence-corrected chi connectivity index (χ3v) is 4.15. The van der Waals surface area contributed by atoms with Crippen LogP contribution < -0.4 is 16.0 Å². The lowest BCUT2D eigenvalue weighted by molar-refractivity contribution is -0.126. The standard InChI is InChI=1S/C18H29N3O2/c1-12-6-8-13(9-7-12)19-15(22)16(23)20-14-10-17(2,3)21-18(4,5)11-14/h6-9,14,16,20-21,23H,10-11H2,1-5H3,(H,19,22). The van der Waals surface area contributed by atoms with Gasteiger partial charge >= 0.3 is 0 Å². The molecule has 1 atom stereocenters. The molecule has 2 rings (SSSR count). The van der Waals surface area contributed by atoms with Crippen LogP contribution in [-0.2, 0) is 4.79 Å². The van der Waals surface area contributed by atoms with Crippen LogP contribution in [-0.4, -0.2) is 34.4 Å². The molecule has 0 bridgehead atoms. The molecule has 1 aliphatic heterocycles. The Morgan fingerprint density at radius 1 is 1.17 bits per heavy atom. The van der Waals surface area contributed by atoms with Crippen LogP contribution in [0.25, 0.3) is 0 Å². The summed E-state index contributed by atoms with van der Waals surface area (Å²) in [6.45, 7) is 10.5. The summed E-state index contributed by atoms with van der Waals surface area (Å²) in [5.41, 5.74) is 1.74. The molecular formula is C18H29N3O2. The lowest BCUT2D eigenvalue weighted by Crippen LogP contribution is -2.63. The Morgan fingerprint density at radius 2 is 1.70 bits per heavy atom. The van der Waals surface area contributed by atoms with Gasteiger partial charge in [0.2, 0.25) is 0 Å². The van der Waals surface area contributed by atoms with Gasteiger partial charge in [-0.05, 0) is 59.6 Å². The van der Waals surface area contributed by atoms with Crippen molar-refractivity contribution in [2.75, 3.05) is 5.32 Å². The number of hydrogen-bond acceptors (Lipinski definition) is 4. The van der Waals surface area contributed by atoms with Gasteiger partial charge in [0.05, 0.1) is 0 Å². The zero-order valence-corrected chi connectivity index (χ0v) is 14.7. The van der Waals surface area contributed by atoms with Crippen LogP contribution >= 0.6 is 0 Å². The Labute approximate surface area is 138 Å². The summed E-state index contributed by atoms with van der Waals surface area (Å²) >= 11 is 0. The highest BCUT2D eigenvalue weighted by Gasteiger charge is 2.38. The average Bonchev–Trinajstić information content (AvgIpc) is 2.37. The van der Waals surface area contributed by atoms with Crippen LogP contribution in [0, 0.1) is 6.92 Å². The Hall–Kier alpha value is -1.43. The average molecular weight is 319 g/mol. The first kappa shape index (κ1) is 17.9. The fraction of sp³-hybridized carbons (Fsp3) is 0.611. The highest BCUT2D eigenvalue weighted by molar-refractivity contribution is 5.93. The quantitative estimate of drug-likeness (QED) is 0.642. The number of aryl methyl sites for hydroxylation is 1. The molecule has 0 aliphatic carbocycles. The number of rotatable bonds is 4. The molecule has 1 saturated heterocycles. The van der Waals surface area contributed by atoms with Crippen molar-refractivity contribution in [1.29, 1.82) is 0 Å². The van der Waals surface area contributed by atoms with Crippen molar-refractivity contribution in [3.05, 3.63) is 29.8 Å². The minimum atomic E-state index is -1.22. The van der Waals surface area contributed by atoms with E-state index in [1.807, 2.05) is 31.2 Å². The summed E-state index contributed by atoms with van der Waals surface area (Å²) < 4.78 is 0. The van der Waals surface area contributed by atoms with Gasteiger partial charge in [0, 0.05) is 22.8 Å². The van der Waals surface area contributed by atoms with Crippen LogP contribution in [0.3, 0.4) is 0 Å². The molecule has 1 aromatic rings. The van der Waals surface area contributed by atoms with Gasteiger partial charge in [0.25, 0.3) is 5.91 Å². The van der Waals surface area contributed by atoms with E-state index in [9.17, 15) is 9.90 Å². The van der Waals surface area contributed by atoms with Crippen molar-refractivity contribution < 1.29 is 9.90 Å². The molecule has 0 aromatic heterocycles. The van der Waals surface area contributed by atoms with Crippen LogP contribution in [0.1, 0.15) is 46.1 Å². The fourth-order valence-electron chi connectivity index (χ4n) is 3.59. The van der Waals surface area contributed by atoms with Crippen molar-refractivity contribution in [2.45, 2.75) is 70.8 Å². The molecule has 1 fully saturated rings. The van der Waals surface area contributed by atoms with Crippen molar-refractivity contribution in [3.63, 3.8) is 0 Å². The Bertz CT molecular complexity index is 536. The molecule has 23 heavy (non-hydrogen) atoms. The molecule has 1 aliphatic rings. The van der Waals surface area contributed by atoms with E-state index >= 15 is 0 Å². The molecule has 1 amide bonds. The van der Waals surface area contributed by atoms with Gasteiger partial charge in [-0.2, -0.15) is 0 Å². The van der Waals surface area contributed by atoms with E-state index in [0.29, 0.717) is 5.69 Å². The Kier molecular flexibility index (Phi) is 5.14. The third-order valence-electron chi connectivity index (χ3n) is 4.15. The van der Waals surface area contributed by atoms with Crippen LogP contribution in [0.4, 0.5) is 5.69 Å². The van der Waals surface area contributed by atoms with Crippen LogP contribution in [0.15, 0.2) is 24.3 Å². The minimum Gasteiger partial charge on any atom is -0.370 e. The monoisotopic (exact) mass is 319 g/mol. The smallest absolute Gasteiger partial charge is 0.268 e. The zero-order chi connectivity index (χ0) is 17.3. The van der Waals surface area contributed by atoms with Gasteiger partial charge in [-0.15, -0.1) is 0 Å². The number of piperidine rings is 1. The zero-order valence-electron chi connectivity index (χ0n) is 14.7. The maximum absolute atomic E-state index is 12.2. The summed E-state index contributed by atoms with van der Waals surface area (Å²) in [6.07, 6.45) is 0.488. The Balaban J connectivity index is 1.93. The lowest BCUT2D eigenvalue weighted by atomic mass is 9.79. The third kappa shape index (κ3) is 5.30. The molecule has 1 heterocycles. The summed E-state index contributed by atoms with van der Waals surface area (Å²) in [4.78, 5) is 12.2. The minimum absolute atomic E-state index is 0.0351. The van der Waals surface area contributed by atoms with E-state index in [4.69, 9.17) is 0 Å². The van der Waals surface area contributed by atoms with E-state index in [1.54, 1.807) is 0 Å². The largest absolute Gasteiger partial charge is 0.370 e. The predicted octanol–water partition coefficient (Wildman–Crippen LogP) is 2.15. The highest BCUT2D eigenvalue weighted by Crippen LogP contribution is 2.28. The molecule has 128 valence electrons. The summed E-state index contributed by atoms with van der Waals surface area (Å²) in [7, 11) is 0. The Morgan fingerprint density at radius 3 is 2.22 bits per heavy atom. The normalized spacial score (nSPS) is 21.7. The number of amides is 1. The van der Waals surface area contributed by atoms with Crippen LogP contribution in [0.2, 0.25) is 0 Å². The van der Waals surface area contributed by atoms with E-state index in [1.165, 1.54) is 0 Å². The van der Waals surface area contributed by atoms with E-state index in [2.05, 4.69) is 43.6 Å². The second-order valence-electron chi connectivity index (χ2n) is 7.92. The number of benzene rings is 1. The van der Waals surface area contributed by atoms with E-state index in [0.717, 1.165) is 18.4 Å². The van der Waals surface area contributed by atoms with Gasteiger partial charge < -0.3 is 15.7 Å². The number of aliphatic hydroxyl groups excluding tert-OH is 1. The molecule has 0 spiro atoms. The molecule has 0 radical (unpaired) electrons. The number of nitrogens with one attached hydrogen (secondary N) is 3. The van der Waals surface area contributed by atoms with Crippen molar-refractivity contribution >= 4 is 11.6 Å². The topological polar surface area (TPSA) is 73.4 Å². The predicted molar refractivity (Wildman–Crippen MR) is 93.3 cm³/mol. The van der Waals surface area contributed by atoms with Crippen LogP contribution in [0.5, 0.6) is 0 Å². The molecule has 1 unspecified atom stereocenters. The van der Waals surface area contributed by atoms with Gasteiger partial charge in [-0.25, -0.2) is 0 Å². The number of aliphatic hydroxyl groups is 1. The first-order valence-corrected chi connectivity index (χ1v) is 8.17. The SMILES string of the molecule is Cc1ccc(NC(=O)C(O)NC2CC(C)(C)NC(C)(C)C2)cc1. The highest BCUT2D eigenvalue weighted by atomic mass is 16.3. The molecule has 5 nitrogen and oxygen atoms in total. The van der Waals surface area contributed by atoms with Crippen molar-refractivity contribution in [3.8, 4) is 0 Å². The summed E-state index contributed by atoms with van der Waals surface area (Å²) in [5, 5.41) is 19.6. The number of carbonyl (C=O) groups excluding carboxylic acids is 1. The van der Waals surface area contributed by atoms with Crippen molar-refractivity contribution in [1.82, 2.24) is 10.6 Å². The maximum atomic E-state index is 12.2. The van der Waals surface area contributed by atoms with E-state index < -0.39 is 12.1 Å². The second kappa shape index (κ2) is 6.59. The second-order valence-corrected chi connectivity index (χ2v) is 7.92. The lowest BCUT2D eigenvalue weighted by Gasteiger charge is -2.47. The summed E-state index contributed by atoms with van der Waals surface area (Å²) in [5.74, 6) is -0.428. The van der Waals surface area contributed by atoms with E-state index in [-0.39, 0.29) is 17.1 Å². The molecule has 5 heteroatoms. The molecule has 4 N–H and O–H groups in total. The molecule has 0 saturated carbocycles. The number of anilines is 1. The maximum Gasteiger partial charge on any atom is 0.268 e. The first-order valence-electron chi connectivity index (χ1n) is 8.17. The van der Waals surface area contributed by atoms with Gasteiger partial charge in [-0.3, -0.25) is 10.1 Å². The first-order chi connectivity index (χ1) is 10.6. The van der Waals surface area contributed by atoms with Gasteiger partial charge in [-0.1, -0.05) is 17.7 Å².